The first kappa shape index (κ1) is 21.8. The Morgan fingerprint density at radius 2 is 1.94 bits per heavy atom. The molecule has 0 spiro atoms. The van der Waals surface area contributed by atoms with Gasteiger partial charge in [0.05, 0.1) is 20.0 Å². The number of nitro groups is 1. The normalized spacial score (nSPS) is 16.1. The van der Waals surface area contributed by atoms with Crippen molar-refractivity contribution in [3.05, 3.63) is 94.1 Å². The summed E-state index contributed by atoms with van der Waals surface area (Å²) in [6.45, 7) is 4.07. The third-order valence-electron chi connectivity index (χ3n) is 4.94. The van der Waals surface area contributed by atoms with Gasteiger partial charge in [-0.15, -0.1) is 6.58 Å². The molecular formula is C24H16N4O4S2. The number of carbonyl (C=O) groups excluding carboxylic acids is 1. The first-order chi connectivity index (χ1) is 16.5. The zero-order valence-electron chi connectivity index (χ0n) is 17.6. The number of para-hydroxylation sites is 1. The first-order valence-corrected chi connectivity index (χ1v) is 11.8. The van der Waals surface area contributed by atoms with E-state index in [9.17, 15) is 14.9 Å². The van der Waals surface area contributed by atoms with Crippen molar-refractivity contribution in [2.24, 2.45) is 4.99 Å². The van der Waals surface area contributed by atoms with Crippen molar-refractivity contribution in [2.45, 2.75) is 0 Å². The van der Waals surface area contributed by atoms with Gasteiger partial charge in [0.1, 0.15) is 11.5 Å². The van der Waals surface area contributed by atoms with E-state index < -0.39 is 4.92 Å². The summed E-state index contributed by atoms with van der Waals surface area (Å²) < 4.78 is 6.89. The fourth-order valence-corrected chi connectivity index (χ4v) is 5.20. The lowest BCUT2D eigenvalue weighted by Gasteiger charge is -2.11. The fourth-order valence-electron chi connectivity index (χ4n) is 3.33. The molecule has 1 aliphatic rings. The van der Waals surface area contributed by atoms with Gasteiger partial charge in [-0.1, -0.05) is 29.5 Å². The number of rotatable bonds is 6. The van der Waals surface area contributed by atoms with Gasteiger partial charge in [-0.25, -0.2) is 4.98 Å². The number of furan rings is 1. The molecule has 10 heteroatoms. The molecule has 0 radical (unpaired) electrons. The minimum Gasteiger partial charge on any atom is -0.457 e. The number of hydrogen-bond acceptors (Lipinski definition) is 8. The third-order valence-corrected chi connectivity index (χ3v) is 6.87. The van der Waals surface area contributed by atoms with E-state index in [0.29, 0.717) is 38.8 Å². The van der Waals surface area contributed by atoms with Crippen LogP contribution >= 0.6 is 23.1 Å². The summed E-state index contributed by atoms with van der Waals surface area (Å²) in [5.74, 6) is 0.838. The summed E-state index contributed by atoms with van der Waals surface area (Å²) in [4.78, 5) is 34.6. The summed E-state index contributed by atoms with van der Waals surface area (Å²) in [5.41, 5.74) is 1.57. The van der Waals surface area contributed by atoms with E-state index in [2.05, 4.69) is 16.6 Å². The molecule has 5 rings (SSSR count). The van der Waals surface area contributed by atoms with Gasteiger partial charge in [0.25, 0.3) is 11.6 Å². The second kappa shape index (κ2) is 9.08. The minimum absolute atomic E-state index is 0.00727. The van der Waals surface area contributed by atoms with E-state index >= 15 is 0 Å². The van der Waals surface area contributed by atoms with Crippen LogP contribution in [0, 0.1) is 10.1 Å². The lowest BCUT2D eigenvalue weighted by molar-refractivity contribution is -0.384. The Kier molecular flexibility index (Phi) is 5.83. The minimum atomic E-state index is -0.451. The Morgan fingerprint density at radius 1 is 1.15 bits per heavy atom. The lowest BCUT2D eigenvalue weighted by atomic mass is 10.1. The standard InChI is InChI=1S/C24H16N4O4S2/c1-2-13-27-22(29)21(34-24(27)26-23-25-18-5-3-4-6-20(18)33-23)14-17-11-12-19(32-17)15-7-9-16(10-8-15)28(30)31/h2-12,14H,1,13H2. The molecule has 0 saturated carbocycles. The molecule has 0 bridgehead atoms. The summed E-state index contributed by atoms with van der Waals surface area (Å²) in [6.07, 6.45) is 3.31. The molecule has 2 aromatic heterocycles. The smallest absolute Gasteiger partial charge is 0.269 e. The van der Waals surface area contributed by atoms with Gasteiger partial charge >= 0.3 is 0 Å². The van der Waals surface area contributed by atoms with E-state index in [4.69, 9.17) is 4.42 Å². The molecule has 0 aliphatic carbocycles. The van der Waals surface area contributed by atoms with E-state index in [0.717, 1.165) is 10.2 Å². The number of aromatic nitrogens is 1. The van der Waals surface area contributed by atoms with Crippen LogP contribution in [0.5, 0.6) is 0 Å². The first-order valence-electron chi connectivity index (χ1n) is 10.1. The Hall–Kier alpha value is -4.02. The van der Waals surface area contributed by atoms with Crippen molar-refractivity contribution >= 4 is 61.3 Å². The van der Waals surface area contributed by atoms with Gasteiger partial charge in [-0.3, -0.25) is 19.8 Å². The van der Waals surface area contributed by atoms with Crippen LogP contribution in [0.25, 0.3) is 27.6 Å². The summed E-state index contributed by atoms with van der Waals surface area (Å²) in [5, 5.41) is 12.0. The number of thiazole rings is 1. The number of amidine groups is 1. The SMILES string of the molecule is C=CCN1C(=O)C(=Cc2ccc(-c3ccc([N+](=O)[O-])cc3)o2)SC1=Nc1nc2ccccc2s1. The lowest BCUT2D eigenvalue weighted by Crippen LogP contribution is -2.29. The molecule has 0 N–H and O–H groups in total. The van der Waals surface area contributed by atoms with Crippen LogP contribution in [0.3, 0.4) is 0 Å². The van der Waals surface area contributed by atoms with Crippen molar-refractivity contribution in [2.75, 3.05) is 6.54 Å². The highest BCUT2D eigenvalue weighted by Gasteiger charge is 2.33. The number of amides is 1. The van der Waals surface area contributed by atoms with Gasteiger partial charge in [-0.2, -0.15) is 4.99 Å². The molecule has 4 aromatic rings. The van der Waals surface area contributed by atoms with Gasteiger partial charge in [0.15, 0.2) is 5.17 Å². The van der Waals surface area contributed by atoms with E-state index in [1.807, 2.05) is 24.3 Å². The van der Waals surface area contributed by atoms with Gasteiger partial charge < -0.3 is 4.42 Å². The monoisotopic (exact) mass is 488 g/mol. The van der Waals surface area contributed by atoms with Crippen LogP contribution in [-0.4, -0.2) is 32.4 Å². The number of nitro benzene ring substituents is 1. The van der Waals surface area contributed by atoms with Crippen LogP contribution in [0.2, 0.25) is 0 Å². The number of fused-ring (bicyclic) bond motifs is 1. The molecule has 1 aliphatic heterocycles. The maximum atomic E-state index is 13.0. The highest BCUT2D eigenvalue weighted by molar-refractivity contribution is 8.18. The molecular weight excluding hydrogens is 472 g/mol. The summed E-state index contributed by atoms with van der Waals surface area (Å²) >= 11 is 2.71. The highest BCUT2D eigenvalue weighted by Crippen LogP contribution is 2.36. The Bertz CT molecular complexity index is 1450. The number of hydrogen-bond donors (Lipinski definition) is 0. The average molecular weight is 489 g/mol. The predicted molar refractivity (Wildman–Crippen MR) is 135 cm³/mol. The van der Waals surface area contributed by atoms with Crippen LogP contribution in [0.4, 0.5) is 10.8 Å². The van der Waals surface area contributed by atoms with E-state index in [-0.39, 0.29) is 11.6 Å². The number of benzene rings is 2. The largest absolute Gasteiger partial charge is 0.457 e. The summed E-state index contributed by atoms with van der Waals surface area (Å²) in [6, 6.07) is 17.4. The topological polar surface area (TPSA) is 102 Å². The van der Waals surface area contributed by atoms with Crippen molar-refractivity contribution in [3.63, 3.8) is 0 Å². The maximum absolute atomic E-state index is 13.0. The van der Waals surface area contributed by atoms with Crippen LogP contribution in [0.1, 0.15) is 5.76 Å². The van der Waals surface area contributed by atoms with Crippen molar-refractivity contribution in [1.82, 2.24) is 9.88 Å². The Labute approximate surface area is 202 Å². The molecule has 0 unspecified atom stereocenters. The fraction of sp³-hybridized carbons (Fsp3) is 0.0417. The van der Waals surface area contributed by atoms with Gasteiger partial charge in [0, 0.05) is 30.3 Å². The van der Waals surface area contributed by atoms with Crippen LogP contribution < -0.4 is 0 Å². The molecule has 1 saturated heterocycles. The van der Waals surface area contributed by atoms with E-state index in [1.54, 1.807) is 41.3 Å². The molecule has 168 valence electrons. The number of aliphatic imine (C=N–C) groups is 1. The maximum Gasteiger partial charge on any atom is 0.269 e. The molecule has 8 nitrogen and oxygen atoms in total. The van der Waals surface area contributed by atoms with Crippen molar-refractivity contribution < 1.29 is 14.1 Å². The van der Waals surface area contributed by atoms with E-state index in [1.165, 1.54) is 35.2 Å². The Morgan fingerprint density at radius 3 is 2.68 bits per heavy atom. The third kappa shape index (κ3) is 4.28. The molecule has 3 heterocycles. The zero-order chi connectivity index (χ0) is 23.7. The second-order valence-electron chi connectivity index (χ2n) is 7.18. The van der Waals surface area contributed by atoms with Gasteiger partial charge in [0.2, 0.25) is 5.13 Å². The number of thioether (sulfide) groups is 1. The Balaban J connectivity index is 1.42. The molecule has 1 fully saturated rings. The molecule has 1 amide bonds. The molecule has 34 heavy (non-hydrogen) atoms. The number of carbonyl (C=O) groups is 1. The number of nitrogens with zero attached hydrogens (tertiary/aromatic N) is 4. The van der Waals surface area contributed by atoms with Crippen molar-refractivity contribution in [3.8, 4) is 11.3 Å². The highest BCUT2D eigenvalue weighted by atomic mass is 32.2. The van der Waals surface area contributed by atoms with Gasteiger partial charge in [-0.05, 0) is 48.2 Å². The van der Waals surface area contributed by atoms with Crippen molar-refractivity contribution in [1.29, 1.82) is 0 Å². The van der Waals surface area contributed by atoms with Crippen LogP contribution in [0.15, 0.2) is 87.6 Å². The zero-order valence-corrected chi connectivity index (χ0v) is 19.2. The average Bonchev–Trinajstić information content (AvgIpc) is 3.54. The second-order valence-corrected chi connectivity index (χ2v) is 9.20. The molecule has 2 aromatic carbocycles. The quantitative estimate of drug-likeness (QED) is 0.137. The summed E-state index contributed by atoms with van der Waals surface area (Å²) in [7, 11) is 0. The molecule has 0 atom stereocenters. The predicted octanol–water partition coefficient (Wildman–Crippen LogP) is 6.25. The number of non-ortho nitro benzene ring substituents is 1. The van der Waals surface area contributed by atoms with Crippen LogP contribution in [-0.2, 0) is 4.79 Å².